The maximum Gasteiger partial charge on any atom is 0.224 e. The Balaban J connectivity index is 1.64. The number of benzene rings is 1. The molecule has 1 amide bonds. The highest BCUT2D eigenvalue weighted by Crippen LogP contribution is 2.28. The normalized spacial score (nSPS) is 21.3. The van der Waals surface area contributed by atoms with Crippen molar-refractivity contribution in [2.24, 2.45) is 0 Å². The molecule has 1 saturated heterocycles. The Labute approximate surface area is 138 Å². The lowest BCUT2D eigenvalue weighted by Crippen LogP contribution is -2.50. The van der Waals surface area contributed by atoms with E-state index >= 15 is 0 Å². The quantitative estimate of drug-likeness (QED) is 0.842. The molecule has 0 aromatic heterocycles. The summed E-state index contributed by atoms with van der Waals surface area (Å²) in [6.07, 6.45) is 8.79. The summed E-state index contributed by atoms with van der Waals surface area (Å²) >= 11 is 0. The topological polar surface area (TPSA) is 23.6 Å². The first kappa shape index (κ1) is 16.4. The zero-order chi connectivity index (χ0) is 16.2. The first-order valence-electron chi connectivity index (χ1n) is 8.94. The highest BCUT2D eigenvalue weighted by molar-refractivity contribution is 5.92. The summed E-state index contributed by atoms with van der Waals surface area (Å²) in [6.45, 7) is 3.75. The Kier molecular flexibility index (Phi) is 5.31. The fourth-order valence-corrected chi connectivity index (χ4v) is 4.21. The molecule has 1 aliphatic carbocycles. The standard InChI is InChI=1S/C19H27FN2O/c1-15(23)22(18-9-7-16(20)8-10-18)19-11-13-21(14-12-19)17-5-3-2-4-6-17/h7-10,17,19H,2-6,11-14H2,1H3. The molecular formula is C19H27FN2O. The van der Waals surface area contributed by atoms with E-state index in [1.165, 1.54) is 44.2 Å². The molecule has 126 valence electrons. The van der Waals surface area contributed by atoms with E-state index in [-0.39, 0.29) is 17.8 Å². The number of carbonyl (C=O) groups excluding carboxylic acids is 1. The molecule has 1 saturated carbocycles. The maximum absolute atomic E-state index is 13.1. The van der Waals surface area contributed by atoms with Gasteiger partial charge in [0.15, 0.2) is 0 Å². The molecule has 0 radical (unpaired) electrons. The van der Waals surface area contributed by atoms with Crippen molar-refractivity contribution in [3.8, 4) is 0 Å². The van der Waals surface area contributed by atoms with Crippen LogP contribution in [0.15, 0.2) is 24.3 Å². The van der Waals surface area contributed by atoms with Crippen molar-refractivity contribution in [1.29, 1.82) is 0 Å². The van der Waals surface area contributed by atoms with Crippen LogP contribution in [0.1, 0.15) is 51.9 Å². The second-order valence-electron chi connectivity index (χ2n) is 6.92. The van der Waals surface area contributed by atoms with E-state index < -0.39 is 0 Å². The Bertz CT molecular complexity index is 517. The third-order valence-electron chi connectivity index (χ3n) is 5.40. The molecule has 3 rings (SSSR count). The lowest BCUT2D eigenvalue weighted by atomic mass is 9.91. The van der Waals surface area contributed by atoms with E-state index in [4.69, 9.17) is 0 Å². The highest BCUT2D eigenvalue weighted by atomic mass is 19.1. The minimum Gasteiger partial charge on any atom is -0.310 e. The van der Waals surface area contributed by atoms with Gasteiger partial charge in [-0.3, -0.25) is 4.79 Å². The number of hydrogen-bond donors (Lipinski definition) is 0. The molecule has 1 aliphatic heterocycles. The van der Waals surface area contributed by atoms with E-state index in [9.17, 15) is 9.18 Å². The van der Waals surface area contributed by atoms with Crippen LogP contribution in [0.25, 0.3) is 0 Å². The van der Waals surface area contributed by atoms with E-state index in [2.05, 4.69) is 4.90 Å². The summed E-state index contributed by atoms with van der Waals surface area (Å²) in [6, 6.07) is 7.28. The van der Waals surface area contributed by atoms with Gasteiger partial charge in [0.1, 0.15) is 5.82 Å². The second-order valence-corrected chi connectivity index (χ2v) is 6.92. The number of amides is 1. The first-order chi connectivity index (χ1) is 11.1. The molecule has 1 aromatic carbocycles. The zero-order valence-corrected chi connectivity index (χ0v) is 14.0. The third-order valence-corrected chi connectivity index (χ3v) is 5.40. The molecule has 4 heteroatoms. The minimum absolute atomic E-state index is 0.0488. The summed E-state index contributed by atoms with van der Waals surface area (Å²) in [4.78, 5) is 16.6. The van der Waals surface area contributed by atoms with E-state index in [1.54, 1.807) is 19.1 Å². The van der Waals surface area contributed by atoms with Crippen LogP contribution in [-0.4, -0.2) is 36.0 Å². The van der Waals surface area contributed by atoms with Crippen molar-refractivity contribution in [2.45, 2.75) is 64.0 Å². The number of hydrogen-bond acceptors (Lipinski definition) is 2. The number of rotatable bonds is 3. The van der Waals surface area contributed by atoms with Crippen LogP contribution >= 0.6 is 0 Å². The SMILES string of the molecule is CC(=O)N(c1ccc(F)cc1)C1CCN(C2CCCCC2)CC1. The lowest BCUT2D eigenvalue weighted by molar-refractivity contribution is -0.117. The molecule has 0 spiro atoms. The van der Waals surface area contributed by atoms with Gasteiger partial charge in [0.2, 0.25) is 5.91 Å². The highest BCUT2D eigenvalue weighted by Gasteiger charge is 2.30. The number of carbonyl (C=O) groups is 1. The van der Waals surface area contributed by atoms with Crippen molar-refractivity contribution < 1.29 is 9.18 Å². The molecule has 0 N–H and O–H groups in total. The molecule has 0 atom stereocenters. The summed E-state index contributed by atoms with van der Waals surface area (Å²) < 4.78 is 13.1. The summed E-state index contributed by atoms with van der Waals surface area (Å²) in [5.41, 5.74) is 0.815. The summed E-state index contributed by atoms with van der Waals surface area (Å²) in [7, 11) is 0. The predicted octanol–water partition coefficient (Wildman–Crippen LogP) is 3.98. The van der Waals surface area contributed by atoms with Gasteiger partial charge in [0.05, 0.1) is 0 Å². The number of likely N-dealkylation sites (tertiary alicyclic amines) is 1. The summed E-state index contributed by atoms with van der Waals surface area (Å²) in [5.74, 6) is -0.211. The van der Waals surface area contributed by atoms with Gasteiger partial charge in [0, 0.05) is 37.8 Å². The number of nitrogens with zero attached hydrogens (tertiary/aromatic N) is 2. The average Bonchev–Trinajstić information content (AvgIpc) is 2.58. The van der Waals surface area contributed by atoms with Crippen LogP contribution in [-0.2, 0) is 4.79 Å². The monoisotopic (exact) mass is 318 g/mol. The largest absolute Gasteiger partial charge is 0.310 e. The van der Waals surface area contributed by atoms with Crippen LogP contribution in [0, 0.1) is 5.82 Å². The van der Waals surface area contributed by atoms with Gasteiger partial charge in [0.25, 0.3) is 0 Å². The van der Waals surface area contributed by atoms with E-state index in [0.717, 1.165) is 37.7 Å². The molecule has 0 bridgehead atoms. The van der Waals surface area contributed by atoms with Crippen molar-refractivity contribution in [3.05, 3.63) is 30.1 Å². The fraction of sp³-hybridized carbons (Fsp3) is 0.632. The fourth-order valence-electron chi connectivity index (χ4n) is 4.21. The third kappa shape index (κ3) is 3.92. The van der Waals surface area contributed by atoms with Gasteiger partial charge in [-0.25, -0.2) is 4.39 Å². The van der Waals surface area contributed by atoms with Gasteiger partial charge in [-0.15, -0.1) is 0 Å². The minimum atomic E-state index is -0.260. The first-order valence-corrected chi connectivity index (χ1v) is 8.94. The van der Waals surface area contributed by atoms with Crippen LogP contribution in [0.3, 0.4) is 0 Å². The number of piperidine rings is 1. The van der Waals surface area contributed by atoms with Crippen LogP contribution in [0.4, 0.5) is 10.1 Å². The molecule has 1 heterocycles. The molecule has 2 fully saturated rings. The van der Waals surface area contributed by atoms with Crippen molar-refractivity contribution >= 4 is 11.6 Å². The van der Waals surface area contributed by atoms with Crippen LogP contribution in [0.2, 0.25) is 0 Å². The van der Waals surface area contributed by atoms with Crippen molar-refractivity contribution in [3.63, 3.8) is 0 Å². The lowest BCUT2D eigenvalue weighted by Gasteiger charge is -2.42. The van der Waals surface area contributed by atoms with Crippen LogP contribution in [0.5, 0.6) is 0 Å². The Morgan fingerprint density at radius 1 is 1.04 bits per heavy atom. The van der Waals surface area contributed by atoms with Gasteiger partial charge < -0.3 is 9.80 Å². The van der Waals surface area contributed by atoms with Gasteiger partial charge in [-0.05, 0) is 49.9 Å². The van der Waals surface area contributed by atoms with Crippen molar-refractivity contribution in [1.82, 2.24) is 4.90 Å². The molecule has 23 heavy (non-hydrogen) atoms. The number of anilines is 1. The van der Waals surface area contributed by atoms with Gasteiger partial charge in [-0.2, -0.15) is 0 Å². The smallest absolute Gasteiger partial charge is 0.224 e. The van der Waals surface area contributed by atoms with Crippen LogP contribution < -0.4 is 4.90 Å². The number of halogens is 1. The summed E-state index contributed by atoms with van der Waals surface area (Å²) in [5, 5.41) is 0. The average molecular weight is 318 g/mol. The Morgan fingerprint density at radius 3 is 2.22 bits per heavy atom. The predicted molar refractivity (Wildman–Crippen MR) is 91.0 cm³/mol. The van der Waals surface area contributed by atoms with E-state index in [1.807, 2.05) is 4.90 Å². The zero-order valence-electron chi connectivity index (χ0n) is 14.0. The maximum atomic E-state index is 13.1. The molecule has 1 aromatic rings. The molecular weight excluding hydrogens is 291 g/mol. The second kappa shape index (κ2) is 7.43. The Morgan fingerprint density at radius 2 is 1.65 bits per heavy atom. The van der Waals surface area contributed by atoms with Gasteiger partial charge >= 0.3 is 0 Å². The molecule has 0 unspecified atom stereocenters. The Hall–Kier alpha value is -1.42. The molecule has 2 aliphatic rings. The van der Waals surface area contributed by atoms with Crippen molar-refractivity contribution in [2.75, 3.05) is 18.0 Å². The van der Waals surface area contributed by atoms with E-state index in [0.29, 0.717) is 0 Å². The molecule has 3 nitrogen and oxygen atoms in total. The van der Waals surface area contributed by atoms with Gasteiger partial charge in [-0.1, -0.05) is 19.3 Å².